The molecule has 6 nitrogen and oxygen atoms in total. The van der Waals surface area contributed by atoms with Crippen molar-refractivity contribution in [2.24, 2.45) is 0 Å². The van der Waals surface area contributed by atoms with Crippen LogP contribution >= 0.6 is 0 Å². The average Bonchev–Trinajstić information content (AvgIpc) is 2.31. The van der Waals surface area contributed by atoms with Crippen molar-refractivity contribution in [3.05, 3.63) is 15.9 Å². The first-order valence-electron chi connectivity index (χ1n) is 3.60. The molecule has 0 spiro atoms. The van der Waals surface area contributed by atoms with E-state index in [-0.39, 0.29) is 12.0 Å². The van der Waals surface area contributed by atoms with Crippen LogP contribution in [-0.2, 0) is 0 Å². The van der Waals surface area contributed by atoms with Crippen LogP contribution in [0, 0.1) is 17.0 Å². The quantitative estimate of drug-likeness (QED) is 0.491. The van der Waals surface area contributed by atoms with Gasteiger partial charge in [-0.3, -0.25) is 0 Å². The van der Waals surface area contributed by atoms with Gasteiger partial charge in [0.1, 0.15) is 0 Å². The highest BCUT2D eigenvalue weighted by molar-refractivity contribution is 5.06. The minimum Gasteiger partial charge on any atom is -0.390 e. The van der Waals surface area contributed by atoms with Gasteiger partial charge in [0, 0.05) is 6.92 Å². The molecule has 0 radical (unpaired) electrons. The summed E-state index contributed by atoms with van der Waals surface area (Å²) >= 11 is 0. The van der Waals surface area contributed by atoms with Gasteiger partial charge in [-0.25, -0.2) is 0 Å². The molecule has 0 aliphatic carbocycles. The molecule has 1 rings (SSSR count). The maximum atomic E-state index is 10.4. The number of rotatable bonds is 2. The molecule has 6 heteroatoms. The third-order valence-electron chi connectivity index (χ3n) is 1.37. The second kappa shape index (κ2) is 2.88. The van der Waals surface area contributed by atoms with Crippen LogP contribution in [-0.4, -0.2) is 19.7 Å². The van der Waals surface area contributed by atoms with Gasteiger partial charge in [0.05, 0.1) is 6.04 Å². The average molecular weight is 170 g/mol. The molecule has 0 aliphatic heterocycles. The van der Waals surface area contributed by atoms with E-state index in [2.05, 4.69) is 10.1 Å². The summed E-state index contributed by atoms with van der Waals surface area (Å²) < 4.78 is 1.30. The van der Waals surface area contributed by atoms with Crippen molar-refractivity contribution in [3.8, 4) is 0 Å². The van der Waals surface area contributed by atoms with Gasteiger partial charge in [-0.15, -0.1) is 4.68 Å². The molecule has 0 fully saturated rings. The maximum Gasteiger partial charge on any atom is 0.456 e. The molecule has 0 amide bonds. The van der Waals surface area contributed by atoms with E-state index in [9.17, 15) is 10.1 Å². The first kappa shape index (κ1) is 8.63. The first-order valence-corrected chi connectivity index (χ1v) is 3.60. The smallest absolute Gasteiger partial charge is 0.390 e. The molecule has 0 aliphatic rings. The van der Waals surface area contributed by atoms with Crippen LogP contribution < -0.4 is 0 Å². The third kappa shape index (κ3) is 1.41. The molecular formula is C6H10N4O2. The normalized spacial score (nSPS) is 10.7. The van der Waals surface area contributed by atoms with E-state index in [1.165, 1.54) is 4.68 Å². The highest BCUT2D eigenvalue weighted by atomic mass is 16.6. The van der Waals surface area contributed by atoms with Crippen molar-refractivity contribution in [2.45, 2.75) is 26.8 Å². The minimum absolute atomic E-state index is 0.0356. The maximum absolute atomic E-state index is 10.4. The van der Waals surface area contributed by atoms with Crippen molar-refractivity contribution in [1.82, 2.24) is 14.8 Å². The lowest BCUT2D eigenvalue weighted by atomic mass is 10.4. The Kier molecular flexibility index (Phi) is 2.07. The van der Waals surface area contributed by atoms with Gasteiger partial charge in [0.2, 0.25) is 5.82 Å². The number of nitro groups is 1. The number of hydrogen-bond donors (Lipinski definition) is 0. The molecule has 0 saturated heterocycles. The second-order valence-corrected chi connectivity index (χ2v) is 2.75. The molecule has 1 heterocycles. The fourth-order valence-electron chi connectivity index (χ4n) is 0.890. The standard InChI is InChI=1S/C6H10N4O2/c1-4(2)9-6(10(11)12)7-5(3)8-9/h4H,1-3H3. The first-order chi connectivity index (χ1) is 5.52. The number of hydrogen-bond acceptors (Lipinski definition) is 4. The molecule has 0 unspecified atom stereocenters. The van der Waals surface area contributed by atoms with Gasteiger partial charge >= 0.3 is 5.95 Å². The Labute approximate surface area is 69.4 Å². The van der Waals surface area contributed by atoms with E-state index in [4.69, 9.17) is 0 Å². The Balaban J connectivity index is 3.17. The topological polar surface area (TPSA) is 73.8 Å². The van der Waals surface area contributed by atoms with Crippen molar-refractivity contribution < 1.29 is 4.92 Å². The van der Waals surface area contributed by atoms with Crippen molar-refractivity contribution in [1.29, 1.82) is 0 Å². The van der Waals surface area contributed by atoms with Crippen LogP contribution in [0.5, 0.6) is 0 Å². The van der Waals surface area contributed by atoms with Crippen LogP contribution in [0.2, 0.25) is 0 Å². The summed E-state index contributed by atoms with van der Waals surface area (Å²) in [5.74, 6) is 0.234. The zero-order chi connectivity index (χ0) is 9.30. The number of aryl methyl sites for hydroxylation is 1. The van der Waals surface area contributed by atoms with Gasteiger partial charge in [0.15, 0.2) is 0 Å². The van der Waals surface area contributed by atoms with E-state index in [0.717, 1.165) is 0 Å². The summed E-state index contributed by atoms with van der Waals surface area (Å²) in [5, 5.41) is 14.3. The highest BCUT2D eigenvalue weighted by Crippen LogP contribution is 2.13. The summed E-state index contributed by atoms with van der Waals surface area (Å²) in [4.78, 5) is 13.6. The Hall–Kier alpha value is -1.46. The van der Waals surface area contributed by atoms with Crippen molar-refractivity contribution >= 4 is 5.95 Å². The Bertz CT molecular complexity index is 304. The lowest BCUT2D eigenvalue weighted by Gasteiger charge is -2.00. The van der Waals surface area contributed by atoms with Crippen LogP contribution in [0.3, 0.4) is 0 Å². The molecule has 12 heavy (non-hydrogen) atoms. The summed E-state index contributed by atoms with van der Waals surface area (Å²) in [7, 11) is 0. The van der Waals surface area contributed by atoms with Crippen LogP contribution in [0.25, 0.3) is 0 Å². The molecule has 1 aromatic heterocycles. The van der Waals surface area contributed by atoms with E-state index >= 15 is 0 Å². The number of nitrogens with zero attached hydrogens (tertiary/aromatic N) is 4. The Morgan fingerprint density at radius 3 is 2.50 bits per heavy atom. The number of aromatic nitrogens is 3. The van der Waals surface area contributed by atoms with E-state index in [0.29, 0.717) is 5.82 Å². The van der Waals surface area contributed by atoms with Gasteiger partial charge in [0.25, 0.3) is 0 Å². The predicted octanol–water partition coefficient (Wildman–Crippen LogP) is 1.08. The van der Waals surface area contributed by atoms with Crippen molar-refractivity contribution in [2.75, 3.05) is 0 Å². The molecular weight excluding hydrogens is 160 g/mol. The Morgan fingerprint density at radius 1 is 1.58 bits per heavy atom. The van der Waals surface area contributed by atoms with Crippen molar-refractivity contribution in [3.63, 3.8) is 0 Å². The second-order valence-electron chi connectivity index (χ2n) is 2.75. The predicted molar refractivity (Wildman–Crippen MR) is 41.8 cm³/mol. The zero-order valence-corrected chi connectivity index (χ0v) is 7.18. The van der Waals surface area contributed by atoms with Crippen LogP contribution in [0.4, 0.5) is 5.95 Å². The molecule has 0 bridgehead atoms. The lowest BCUT2D eigenvalue weighted by Crippen LogP contribution is -2.07. The van der Waals surface area contributed by atoms with Gasteiger partial charge < -0.3 is 10.1 Å². The molecule has 1 aromatic rings. The van der Waals surface area contributed by atoms with Crippen LogP contribution in [0.15, 0.2) is 0 Å². The van der Waals surface area contributed by atoms with E-state index in [1.54, 1.807) is 6.92 Å². The SMILES string of the molecule is Cc1nc([N+](=O)[O-])n(C(C)C)n1. The molecule has 0 atom stereocenters. The van der Waals surface area contributed by atoms with Gasteiger partial charge in [-0.05, 0) is 23.8 Å². The molecule has 0 N–H and O–H groups in total. The molecule has 66 valence electrons. The minimum atomic E-state index is -0.528. The van der Waals surface area contributed by atoms with Gasteiger partial charge in [-0.2, -0.15) is 0 Å². The zero-order valence-electron chi connectivity index (χ0n) is 7.18. The monoisotopic (exact) mass is 170 g/mol. The Morgan fingerprint density at radius 2 is 2.17 bits per heavy atom. The highest BCUT2D eigenvalue weighted by Gasteiger charge is 2.20. The molecule has 0 aromatic carbocycles. The third-order valence-corrected chi connectivity index (χ3v) is 1.37. The largest absolute Gasteiger partial charge is 0.456 e. The summed E-state index contributed by atoms with van der Waals surface area (Å²) in [6.45, 7) is 5.27. The van der Waals surface area contributed by atoms with E-state index < -0.39 is 4.92 Å². The molecule has 0 saturated carbocycles. The van der Waals surface area contributed by atoms with Crippen LogP contribution in [0.1, 0.15) is 25.7 Å². The summed E-state index contributed by atoms with van der Waals surface area (Å²) in [5.41, 5.74) is 0. The fourth-order valence-corrected chi connectivity index (χ4v) is 0.890. The summed E-state index contributed by atoms with van der Waals surface area (Å²) in [6.07, 6.45) is 0. The van der Waals surface area contributed by atoms with E-state index in [1.807, 2.05) is 13.8 Å². The summed E-state index contributed by atoms with van der Waals surface area (Å²) in [6, 6.07) is -0.0356. The van der Waals surface area contributed by atoms with Gasteiger partial charge in [-0.1, -0.05) is 5.10 Å². The fraction of sp³-hybridized carbons (Fsp3) is 0.667. The lowest BCUT2D eigenvalue weighted by molar-refractivity contribution is -0.397.